The number of thiophene rings is 1. The summed E-state index contributed by atoms with van der Waals surface area (Å²) in [6, 6.07) is 69.0. The second kappa shape index (κ2) is 12.6. The molecule has 9 aromatic rings. The Kier molecular flexibility index (Phi) is 7.33. The van der Waals surface area contributed by atoms with E-state index in [1.54, 1.807) is 0 Å². The van der Waals surface area contributed by atoms with Crippen LogP contribution in [0.3, 0.4) is 0 Å². The Morgan fingerprint density at radius 1 is 0.385 bits per heavy atom. The predicted molar refractivity (Wildman–Crippen MR) is 220 cm³/mol. The number of anilines is 6. The molecule has 0 atom stereocenters. The third-order valence-electron chi connectivity index (χ3n) is 9.85. The lowest BCUT2D eigenvalue weighted by Crippen LogP contribution is -2.16. The lowest BCUT2D eigenvalue weighted by atomic mass is 10.00. The van der Waals surface area contributed by atoms with Crippen LogP contribution in [0, 0.1) is 0 Å². The zero-order valence-electron chi connectivity index (χ0n) is 28.2. The highest BCUT2D eigenvalue weighted by Gasteiger charge is 2.27. The zero-order chi connectivity index (χ0) is 34.4. The molecule has 0 radical (unpaired) electrons. The Hall–Kier alpha value is -6.62. The first kappa shape index (κ1) is 30.2. The summed E-state index contributed by atoms with van der Waals surface area (Å²) < 4.78 is 9.25. The van der Waals surface area contributed by atoms with Crippen LogP contribution in [0.4, 0.5) is 34.1 Å². The maximum atomic E-state index is 6.68. The molecular formula is C48H32N2OS. The summed E-state index contributed by atoms with van der Waals surface area (Å²) in [5, 5.41) is 2.59. The van der Waals surface area contributed by atoms with Crippen LogP contribution < -0.4 is 14.5 Å². The highest BCUT2D eigenvalue weighted by atomic mass is 32.1. The van der Waals surface area contributed by atoms with Crippen molar-refractivity contribution >= 4 is 65.6 Å². The van der Waals surface area contributed by atoms with E-state index in [4.69, 9.17) is 4.74 Å². The first-order valence-electron chi connectivity index (χ1n) is 17.5. The van der Waals surface area contributed by atoms with Gasteiger partial charge in [-0.3, -0.25) is 0 Å². The largest absolute Gasteiger partial charge is 0.453 e. The molecule has 0 spiro atoms. The molecule has 0 aliphatic carbocycles. The van der Waals surface area contributed by atoms with Crippen molar-refractivity contribution in [3.8, 4) is 33.8 Å². The summed E-state index contributed by atoms with van der Waals surface area (Å²) in [6.07, 6.45) is 0. The van der Waals surface area contributed by atoms with E-state index in [2.05, 4.69) is 198 Å². The molecule has 0 N–H and O–H groups in total. The fourth-order valence-corrected chi connectivity index (χ4v) is 8.47. The van der Waals surface area contributed by atoms with Crippen LogP contribution in [0.1, 0.15) is 0 Å². The van der Waals surface area contributed by atoms with Gasteiger partial charge in [-0.25, -0.2) is 0 Å². The summed E-state index contributed by atoms with van der Waals surface area (Å²) in [4.78, 5) is 4.62. The monoisotopic (exact) mass is 684 g/mol. The number of hydrogen-bond acceptors (Lipinski definition) is 4. The summed E-state index contributed by atoms with van der Waals surface area (Å²) in [7, 11) is 0. The third kappa shape index (κ3) is 5.29. The second-order valence-corrected chi connectivity index (χ2v) is 14.1. The van der Waals surface area contributed by atoms with Gasteiger partial charge in [-0.2, -0.15) is 0 Å². The van der Waals surface area contributed by atoms with Crippen molar-refractivity contribution in [3.05, 3.63) is 194 Å². The number of benzene rings is 8. The smallest absolute Gasteiger partial charge is 0.153 e. The molecule has 1 aliphatic heterocycles. The van der Waals surface area contributed by atoms with Crippen LogP contribution in [0.5, 0.6) is 11.5 Å². The van der Waals surface area contributed by atoms with Crippen molar-refractivity contribution in [3.63, 3.8) is 0 Å². The van der Waals surface area contributed by atoms with Gasteiger partial charge in [-0.1, -0.05) is 121 Å². The van der Waals surface area contributed by atoms with Crippen LogP contribution in [0.2, 0.25) is 0 Å². The van der Waals surface area contributed by atoms with Crippen LogP contribution in [0.15, 0.2) is 194 Å². The van der Waals surface area contributed by atoms with Crippen molar-refractivity contribution < 1.29 is 4.74 Å². The third-order valence-corrected chi connectivity index (χ3v) is 11.0. The average Bonchev–Trinajstić information content (AvgIpc) is 3.59. The van der Waals surface area contributed by atoms with Gasteiger partial charge in [0, 0.05) is 49.0 Å². The molecule has 10 rings (SSSR count). The molecule has 2 heterocycles. The summed E-state index contributed by atoms with van der Waals surface area (Å²) in [6.45, 7) is 0. The fraction of sp³-hybridized carbons (Fsp3) is 0. The normalized spacial score (nSPS) is 12.0. The van der Waals surface area contributed by atoms with Gasteiger partial charge in [0.05, 0.1) is 11.4 Å². The van der Waals surface area contributed by atoms with Crippen molar-refractivity contribution in [2.24, 2.45) is 0 Å². The molecule has 1 aromatic heterocycles. The molecule has 0 saturated carbocycles. The molecule has 0 fully saturated rings. The molecule has 246 valence electrons. The van der Waals surface area contributed by atoms with Crippen LogP contribution >= 0.6 is 11.3 Å². The van der Waals surface area contributed by atoms with Gasteiger partial charge in [0.15, 0.2) is 11.5 Å². The summed E-state index contributed by atoms with van der Waals surface area (Å²) >= 11 is 1.84. The van der Waals surface area contributed by atoms with E-state index >= 15 is 0 Å². The molecule has 3 nitrogen and oxygen atoms in total. The van der Waals surface area contributed by atoms with Gasteiger partial charge in [0.25, 0.3) is 0 Å². The minimum atomic E-state index is 0.809. The Balaban J connectivity index is 1.03. The number of hydrogen-bond donors (Lipinski definition) is 0. The van der Waals surface area contributed by atoms with E-state index in [0.29, 0.717) is 0 Å². The molecule has 0 amide bonds. The van der Waals surface area contributed by atoms with Crippen molar-refractivity contribution in [1.82, 2.24) is 0 Å². The van der Waals surface area contributed by atoms with E-state index in [-0.39, 0.29) is 0 Å². The summed E-state index contributed by atoms with van der Waals surface area (Å²) in [5.41, 5.74) is 11.1. The van der Waals surface area contributed by atoms with Crippen LogP contribution in [0.25, 0.3) is 42.4 Å². The average molecular weight is 685 g/mol. The van der Waals surface area contributed by atoms with E-state index in [1.807, 2.05) is 17.4 Å². The minimum absolute atomic E-state index is 0.809. The molecule has 8 aromatic carbocycles. The lowest BCUT2D eigenvalue weighted by molar-refractivity contribution is 0.477. The summed E-state index contributed by atoms with van der Waals surface area (Å²) in [5.74, 6) is 1.64. The van der Waals surface area contributed by atoms with E-state index in [1.165, 1.54) is 42.4 Å². The number of fused-ring (bicyclic) bond motifs is 5. The lowest BCUT2D eigenvalue weighted by Gasteiger charge is -2.34. The van der Waals surface area contributed by atoms with Crippen molar-refractivity contribution in [2.45, 2.75) is 0 Å². The molecule has 0 saturated heterocycles. The first-order chi connectivity index (χ1) is 25.8. The van der Waals surface area contributed by atoms with E-state index in [0.717, 1.165) is 45.6 Å². The zero-order valence-corrected chi connectivity index (χ0v) is 29.0. The predicted octanol–water partition coefficient (Wildman–Crippen LogP) is 14.4. The van der Waals surface area contributed by atoms with Crippen molar-refractivity contribution in [1.29, 1.82) is 0 Å². The minimum Gasteiger partial charge on any atom is -0.453 e. The number of rotatable bonds is 6. The number of ether oxygens (including phenoxy) is 1. The first-order valence-corrected chi connectivity index (χ1v) is 18.3. The van der Waals surface area contributed by atoms with Crippen LogP contribution in [-0.4, -0.2) is 0 Å². The topological polar surface area (TPSA) is 15.7 Å². The highest BCUT2D eigenvalue weighted by molar-refractivity contribution is 7.25. The number of nitrogens with zero attached hydrogens (tertiary/aromatic N) is 2. The van der Waals surface area contributed by atoms with Crippen LogP contribution in [-0.2, 0) is 0 Å². The second-order valence-electron chi connectivity index (χ2n) is 13.0. The van der Waals surface area contributed by atoms with E-state index < -0.39 is 0 Å². The molecule has 0 unspecified atom stereocenters. The van der Waals surface area contributed by atoms with Crippen molar-refractivity contribution in [2.75, 3.05) is 9.80 Å². The molecule has 52 heavy (non-hydrogen) atoms. The highest BCUT2D eigenvalue weighted by Crippen LogP contribution is 2.53. The van der Waals surface area contributed by atoms with Gasteiger partial charge < -0.3 is 14.5 Å². The SMILES string of the molecule is c1ccc(-c2ccc(-c3ccc(N(c4ccccc4)c4ccc5c(c4)Oc4ccccc4N5c4ccc5c(c4)sc4ccccc45)cc3)cc2)cc1. The maximum Gasteiger partial charge on any atom is 0.153 e. The number of para-hydroxylation sites is 3. The fourth-order valence-electron chi connectivity index (χ4n) is 7.33. The Morgan fingerprint density at radius 3 is 1.71 bits per heavy atom. The van der Waals surface area contributed by atoms with E-state index in [9.17, 15) is 0 Å². The van der Waals surface area contributed by atoms with Gasteiger partial charge in [0.2, 0.25) is 0 Å². The Bertz CT molecular complexity index is 2700. The maximum absolute atomic E-state index is 6.68. The molecular weight excluding hydrogens is 653 g/mol. The standard InChI is InChI=1S/C48H32N2OS/c1-3-11-33(12-4-1)34-19-21-35(22-20-34)36-23-25-38(26-24-36)49(37-13-5-2-6-14-37)39-28-30-44-46(31-39)51-45-17-9-8-16-43(45)50(44)40-27-29-42-41-15-7-10-18-47(41)52-48(42)32-40/h1-32H. The van der Waals surface area contributed by atoms with Gasteiger partial charge in [-0.05, 0) is 89.0 Å². The molecule has 0 bridgehead atoms. The Labute approximate surface area is 306 Å². The quantitative estimate of drug-likeness (QED) is 0.173. The van der Waals surface area contributed by atoms with Gasteiger partial charge >= 0.3 is 0 Å². The molecule has 4 heteroatoms. The molecule has 1 aliphatic rings. The Morgan fingerprint density at radius 2 is 0.942 bits per heavy atom. The van der Waals surface area contributed by atoms with Gasteiger partial charge in [-0.15, -0.1) is 11.3 Å². The van der Waals surface area contributed by atoms with Gasteiger partial charge in [0.1, 0.15) is 0 Å².